The molecule has 3 amide bonds. The van der Waals surface area contributed by atoms with Crippen molar-refractivity contribution in [1.29, 1.82) is 0 Å². The molecule has 4 atom stereocenters. The zero-order chi connectivity index (χ0) is 22.2. The molecule has 8 nitrogen and oxygen atoms in total. The van der Waals surface area contributed by atoms with Crippen LogP contribution >= 0.6 is 0 Å². The second kappa shape index (κ2) is 8.56. The Labute approximate surface area is 184 Å². The quantitative estimate of drug-likeness (QED) is 0.633. The lowest BCUT2D eigenvalue weighted by Gasteiger charge is -2.27. The van der Waals surface area contributed by atoms with Crippen molar-refractivity contribution in [2.24, 2.45) is 11.8 Å². The Balaban J connectivity index is 1.56. The molecule has 4 rings (SSSR count). The molecule has 2 saturated carbocycles. The van der Waals surface area contributed by atoms with Crippen LogP contribution in [0.4, 0.5) is 0 Å². The molecule has 0 radical (unpaired) electrons. The van der Waals surface area contributed by atoms with Crippen LogP contribution in [0.5, 0.6) is 0 Å². The summed E-state index contributed by atoms with van der Waals surface area (Å²) in [6.07, 6.45) is 11.1. The molecule has 172 valence electrons. The molecule has 3 fully saturated rings. The van der Waals surface area contributed by atoms with Gasteiger partial charge in [0.25, 0.3) is 5.91 Å². The number of hydrogen-bond donors (Lipinski definition) is 2. The number of allylic oxidation sites excluding steroid dienone is 1. The maximum atomic E-state index is 13.2. The molecule has 0 unspecified atom stereocenters. The zero-order valence-corrected chi connectivity index (χ0v) is 19.0. The summed E-state index contributed by atoms with van der Waals surface area (Å²) in [4.78, 5) is 40.7. The first-order valence-electron chi connectivity index (χ1n) is 11.6. The average Bonchev–Trinajstić information content (AvgIpc) is 3.61. The highest BCUT2D eigenvalue weighted by Gasteiger charge is 2.61. The van der Waals surface area contributed by atoms with E-state index in [9.17, 15) is 22.8 Å². The van der Waals surface area contributed by atoms with Crippen LogP contribution in [0, 0.1) is 11.8 Å². The number of rotatable bonds is 3. The van der Waals surface area contributed by atoms with Gasteiger partial charge in [-0.2, -0.15) is 0 Å². The molecule has 1 saturated heterocycles. The molecule has 2 aliphatic heterocycles. The van der Waals surface area contributed by atoms with Gasteiger partial charge in [-0.15, -0.1) is 0 Å². The highest BCUT2D eigenvalue weighted by molar-refractivity contribution is 7.91. The molecule has 0 bridgehead atoms. The lowest BCUT2D eigenvalue weighted by Crippen LogP contribution is -2.56. The van der Waals surface area contributed by atoms with E-state index < -0.39 is 32.8 Å². The second-order valence-corrected chi connectivity index (χ2v) is 11.7. The Bertz CT molecular complexity index is 882. The van der Waals surface area contributed by atoms with E-state index in [1.54, 1.807) is 4.90 Å². The molecule has 2 heterocycles. The molecular formula is C22H33N3O5S. The van der Waals surface area contributed by atoms with Gasteiger partial charge in [0.15, 0.2) is 0 Å². The van der Waals surface area contributed by atoms with Gasteiger partial charge in [-0.1, -0.05) is 31.9 Å². The van der Waals surface area contributed by atoms with Crippen molar-refractivity contribution in [3.05, 3.63) is 12.2 Å². The van der Waals surface area contributed by atoms with Crippen LogP contribution in [0.2, 0.25) is 0 Å². The third-order valence-corrected chi connectivity index (χ3v) is 8.80. The molecule has 9 heteroatoms. The van der Waals surface area contributed by atoms with Gasteiger partial charge in [-0.05, 0) is 50.9 Å². The van der Waals surface area contributed by atoms with E-state index in [2.05, 4.69) is 10.0 Å². The summed E-state index contributed by atoms with van der Waals surface area (Å²) in [5.41, 5.74) is -1.25. The van der Waals surface area contributed by atoms with Crippen LogP contribution in [0.15, 0.2) is 12.2 Å². The summed E-state index contributed by atoms with van der Waals surface area (Å²) >= 11 is 0. The fourth-order valence-electron chi connectivity index (χ4n) is 4.83. The monoisotopic (exact) mass is 451 g/mol. The van der Waals surface area contributed by atoms with Gasteiger partial charge in [0, 0.05) is 18.9 Å². The van der Waals surface area contributed by atoms with E-state index in [1.807, 2.05) is 19.1 Å². The van der Waals surface area contributed by atoms with Crippen molar-refractivity contribution in [1.82, 2.24) is 14.9 Å². The number of nitrogens with one attached hydrogen (secondary N) is 2. The van der Waals surface area contributed by atoms with Gasteiger partial charge in [0.05, 0.1) is 5.25 Å². The van der Waals surface area contributed by atoms with Crippen molar-refractivity contribution in [3.8, 4) is 0 Å². The summed E-state index contributed by atoms with van der Waals surface area (Å²) in [7, 11) is -3.70. The van der Waals surface area contributed by atoms with E-state index in [-0.39, 0.29) is 23.7 Å². The summed E-state index contributed by atoms with van der Waals surface area (Å²) in [6, 6.07) is -0.609. The van der Waals surface area contributed by atoms with Crippen molar-refractivity contribution in [2.75, 3.05) is 6.54 Å². The Morgan fingerprint density at radius 2 is 1.94 bits per heavy atom. The molecule has 0 aromatic rings. The summed E-state index contributed by atoms with van der Waals surface area (Å²) in [6.45, 7) is 2.55. The van der Waals surface area contributed by atoms with E-state index in [4.69, 9.17) is 0 Å². The normalized spacial score (nSPS) is 35.8. The molecule has 2 N–H and O–H groups in total. The Morgan fingerprint density at radius 3 is 2.68 bits per heavy atom. The first kappa shape index (κ1) is 22.3. The minimum atomic E-state index is -3.70. The van der Waals surface area contributed by atoms with Crippen LogP contribution in [0.3, 0.4) is 0 Å². The van der Waals surface area contributed by atoms with E-state index >= 15 is 0 Å². The van der Waals surface area contributed by atoms with E-state index in [0.29, 0.717) is 38.6 Å². The molecule has 2 aliphatic carbocycles. The standard InChI is InChI=1S/C22H33N3O5S/c1-15-12-18-20(27)23-22(21(28)24-31(29,30)17-10-11-17)13-16(22)8-6-4-2-3-5-7-9-19(26)25(18)14-15/h6,8,15-18H,2-5,7,9-14H2,1H3,(H,23,27)(H,24,28)/b8-6-/t15-,16-,18+,22-/m1/s1. The molecule has 0 aromatic carbocycles. The third-order valence-electron chi connectivity index (χ3n) is 6.98. The lowest BCUT2D eigenvalue weighted by atomic mass is 10.1. The molecule has 31 heavy (non-hydrogen) atoms. The molecule has 0 spiro atoms. The van der Waals surface area contributed by atoms with E-state index in [0.717, 1.165) is 32.1 Å². The minimum absolute atomic E-state index is 0.0142. The number of carbonyl (C=O) groups is 3. The number of fused-ring (bicyclic) bond motifs is 2. The number of carbonyl (C=O) groups excluding carboxylic acids is 3. The molecular weight excluding hydrogens is 418 g/mol. The van der Waals surface area contributed by atoms with Crippen molar-refractivity contribution in [2.45, 2.75) is 88.0 Å². The fraction of sp³-hybridized carbons (Fsp3) is 0.773. The zero-order valence-electron chi connectivity index (χ0n) is 18.1. The number of hydrogen-bond acceptors (Lipinski definition) is 5. The first-order valence-corrected chi connectivity index (χ1v) is 13.1. The fourth-order valence-corrected chi connectivity index (χ4v) is 6.20. The highest BCUT2D eigenvalue weighted by atomic mass is 32.2. The topological polar surface area (TPSA) is 113 Å². The Hall–Kier alpha value is -1.90. The minimum Gasteiger partial charge on any atom is -0.339 e. The van der Waals surface area contributed by atoms with Crippen LogP contribution in [-0.2, 0) is 24.4 Å². The van der Waals surface area contributed by atoms with Crippen molar-refractivity contribution in [3.63, 3.8) is 0 Å². The van der Waals surface area contributed by atoms with Gasteiger partial charge < -0.3 is 10.2 Å². The van der Waals surface area contributed by atoms with Gasteiger partial charge in [0.1, 0.15) is 11.6 Å². The second-order valence-electron chi connectivity index (χ2n) is 9.73. The summed E-state index contributed by atoms with van der Waals surface area (Å²) in [5.74, 6) is -1.06. The summed E-state index contributed by atoms with van der Waals surface area (Å²) in [5, 5.41) is 2.36. The van der Waals surface area contributed by atoms with Crippen molar-refractivity contribution >= 4 is 27.7 Å². The summed E-state index contributed by atoms with van der Waals surface area (Å²) < 4.78 is 26.9. The molecule has 4 aliphatic rings. The number of sulfonamides is 1. The lowest BCUT2D eigenvalue weighted by molar-refractivity contribution is -0.139. The van der Waals surface area contributed by atoms with Crippen LogP contribution < -0.4 is 10.0 Å². The average molecular weight is 452 g/mol. The van der Waals surface area contributed by atoms with Crippen molar-refractivity contribution < 1.29 is 22.8 Å². The van der Waals surface area contributed by atoms with Gasteiger partial charge >= 0.3 is 0 Å². The van der Waals surface area contributed by atoms with Gasteiger partial charge in [-0.3, -0.25) is 19.1 Å². The largest absolute Gasteiger partial charge is 0.339 e. The highest BCUT2D eigenvalue weighted by Crippen LogP contribution is 2.46. The predicted molar refractivity (Wildman–Crippen MR) is 115 cm³/mol. The predicted octanol–water partition coefficient (Wildman–Crippen LogP) is 1.62. The first-order chi connectivity index (χ1) is 14.7. The maximum Gasteiger partial charge on any atom is 0.259 e. The van der Waals surface area contributed by atoms with Gasteiger partial charge in [-0.25, -0.2) is 8.42 Å². The molecule has 0 aromatic heterocycles. The number of nitrogens with zero attached hydrogens (tertiary/aromatic N) is 1. The van der Waals surface area contributed by atoms with Crippen LogP contribution in [0.25, 0.3) is 0 Å². The number of amides is 3. The van der Waals surface area contributed by atoms with Crippen LogP contribution in [-0.4, -0.2) is 54.4 Å². The smallest absolute Gasteiger partial charge is 0.259 e. The Kier molecular flexibility index (Phi) is 6.16. The SMILES string of the molecule is C[C@@H]1C[C@H]2C(=O)N[C@]3(C(=O)NS(=O)(=O)C4CC4)C[C@H]3/C=C\CCCCCCC(=O)N2C1. The van der Waals surface area contributed by atoms with Gasteiger partial charge in [0.2, 0.25) is 21.8 Å². The van der Waals surface area contributed by atoms with Crippen LogP contribution in [0.1, 0.15) is 71.1 Å². The maximum absolute atomic E-state index is 13.2. The Morgan fingerprint density at radius 1 is 1.19 bits per heavy atom. The third kappa shape index (κ3) is 4.81. The van der Waals surface area contributed by atoms with E-state index in [1.165, 1.54) is 0 Å².